The minimum Gasteiger partial charge on any atom is -0.490 e. The van der Waals surface area contributed by atoms with Crippen LogP contribution in [0.1, 0.15) is 78.1 Å². The molecule has 1 aromatic heterocycles. The van der Waals surface area contributed by atoms with E-state index in [1.165, 1.54) is 31.2 Å². The van der Waals surface area contributed by atoms with Gasteiger partial charge in [0.2, 0.25) is 5.88 Å². The molecule has 2 heterocycles. The molecular formula is C37H47F5N2O7S. The summed E-state index contributed by atoms with van der Waals surface area (Å²) in [5, 5.41) is 8.52. The predicted octanol–water partition coefficient (Wildman–Crippen LogP) is 8.08. The normalized spacial score (nSPS) is 14.8. The molecule has 3 aromatic rings. The number of piperidine rings is 1. The lowest BCUT2D eigenvalue weighted by Gasteiger charge is -2.40. The van der Waals surface area contributed by atoms with Crippen LogP contribution in [0.4, 0.5) is 27.6 Å². The molecule has 0 saturated carbocycles. The van der Waals surface area contributed by atoms with Crippen molar-refractivity contribution >= 4 is 21.8 Å². The van der Waals surface area contributed by atoms with Gasteiger partial charge >= 0.3 is 21.6 Å². The van der Waals surface area contributed by atoms with E-state index in [-0.39, 0.29) is 52.3 Å². The van der Waals surface area contributed by atoms with E-state index >= 15 is 4.39 Å². The Balaban J connectivity index is 0.00000136. The van der Waals surface area contributed by atoms with Crippen molar-refractivity contribution in [3.05, 3.63) is 70.9 Å². The van der Waals surface area contributed by atoms with E-state index in [2.05, 4.69) is 23.0 Å². The number of hydrogen-bond acceptors (Lipinski definition) is 9. The van der Waals surface area contributed by atoms with E-state index in [0.717, 1.165) is 11.6 Å². The summed E-state index contributed by atoms with van der Waals surface area (Å²) in [5.41, 5.74) is -5.34. The zero-order chi connectivity index (χ0) is 39.2. The van der Waals surface area contributed by atoms with E-state index in [0.29, 0.717) is 32.4 Å². The van der Waals surface area contributed by atoms with Crippen LogP contribution >= 0.6 is 0 Å². The van der Waals surface area contributed by atoms with Crippen LogP contribution in [0, 0.1) is 24.0 Å². The summed E-state index contributed by atoms with van der Waals surface area (Å²) in [6, 6.07) is 9.30. The standard InChI is InChI=1S/C33H37F5N2O6S.C4H10O/c1-20(2)45-28(41)19-25-21(3)39-31(46-47(42,43)33(36,37)38)29(30(25)40-15-13-32(4,5)14-16-40)23-8-11-27(26(35)18-23)44-17-12-22-6-9-24(34)10-7-22;1-4(2,3)5/h6-11,18,20H,12-17,19H2,1-5H3;5H,1-3H3. The number of aryl methyl sites for hydroxylation is 1. The third-order valence-corrected chi connectivity index (χ3v) is 8.76. The smallest absolute Gasteiger partial charge is 0.490 e. The van der Waals surface area contributed by atoms with Crippen LogP contribution < -0.4 is 13.8 Å². The van der Waals surface area contributed by atoms with Crippen LogP contribution in [0.2, 0.25) is 0 Å². The Morgan fingerprint density at radius 1 is 1.02 bits per heavy atom. The zero-order valence-electron chi connectivity index (χ0n) is 30.7. The van der Waals surface area contributed by atoms with Gasteiger partial charge in [-0.05, 0) is 95.2 Å². The van der Waals surface area contributed by atoms with Gasteiger partial charge in [0.25, 0.3) is 0 Å². The average molecular weight is 759 g/mol. The van der Waals surface area contributed by atoms with Gasteiger partial charge in [0.15, 0.2) is 11.6 Å². The molecule has 1 aliphatic heterocycles. The highest BCUT2D eigenvalue weighted by molar-refractivity contribution is 7.88. The lowest BCUT2D eigenvalue weighted by Crippen LogP contribution is -2.38. The van der Waals surface area contributed by atoms with Crippen LogP contribution in [0.5, 0.6) is 11.6 Å². The number of nitrogens with zero attached hydrogens (tertiary/aromatic N) is 2. The SMILES string of the molecule is CC(C)(C)O.Cc1nc(OS(=O)(=O)C(F)(F)F)c(-c2ccc(OCCc3ccc(F)cc3)c(F)c2)c(N2CCC(C)(C)CC2)c1CC(=O)OC(C)C. The molecule has 0 unspecified atom stereocenters. The molecule has 9 nitrogen and oxygen atoms in total. The number of alkyl halides is 3. The number of benzene rings is 2. The van der Waals surface area contributed by atoms with Crippen LogP contribution in [-0.4, -0.2) is 61.4 Å². The molecule has 52 heavy (non-hydrogen) atoms. The van der Waals surface area contributed by atoms with Gasteiger partial charge in [-0.25, -0.2) is 13.8 Å². The Morgan fingerprint density at radius 2 is 1.60 bits per heavy atom. The number of aliphatic hydroxyl groups is 1. The Morgan fingerprint density at radius 3 is 2.12 bits per heavy atom. The molecule has 0 aliphatic carbocycles. The van der Waals surface area contributed by atoms with Crippen molar-refractivity contribution in [3.63, 3.8) is 0 Å². The predicted molar refractivity (Wildman–Crippen MR) is 188 cm³/mol. The van der Waals surface area contributed by atoms with E-state index in [9.17, 15) is 30.8 Å². The summed E-state index contributed by atoms with van der Waals surface area (Å²) in [6.07, 6.45) is 0.866. The van der Waals surface area contributed by atoms with Crippen molar-refractivity contribution < 1.29 is 53.9 Å². The van der Waals surface area contributed by atoms with Gasteiger partial charge in [-0.2, -0.15) is 21.6 Å². The second-order valence-electron chi connectivity index (χ2n) is 14.6. The Hall–Kier alpha value is -3.98. The highest BCUT2D eigenvalue weighted by Gasteiger charge is 2.49. The second kappa shape index (κ2) is 16.8. The number of carbonyl (C=O) groups excluding carboxylic acids is 1. The van der Waals surface area contributed by atoms with Gasteiger partial charge in [0.05, 0.1) is 36.0 Å². The third kappa shape index (κ3) is 12.3. The molecule has 0 amide bonds. The number of carbonyl (C=O) groups is 1. The van der Waals surface area contributed by atoms with E-state index in [4.69, 9.17) is 14.6 Å². The fourth-order valence-corrected chi connectivity index (χ4v) is 5.64. The largest absolute Gasteiger partial charge is 0.534 e. The summed E-state index contributed by atoms with van der Waals surface area (Å²) in [7, 11) is -6.19. The first kappa shape index (κ1) is 42.4. The highest BCUT2D eigenvalue weighted by atomic mass is 32.2. The summed E-state index contributed by atoms with van der Waals surface area (Å²) < 4.78 is 109. The molecule has 0 bridgehead atoms. The Labute approximate surface area is 302 Å². The number of rotatable bonds is 11. The lowest BCUT2D eigenvalue weighted by molar-refractivity contribution is -0.146. The molecule has 0 atom stereocenters. The number of esters is 1. The number of aromatic nitrogens is 1. The maximum absolute atomic E-state index is 15.6. The summed E-state index contributed by atoms with van der Waals surface area (Å²) in [4.78, 5) is 18.8. The zero-order valence-corrected chi connectivity index (χ0v) is 31.5. The molecule has 1 fully saturated rings. The van der Waals surface area contributed by atoms with Crippen LogP contribution in [-0.2, 0) is 32.5 Å². The van der Waals surface area contributed by atoms with Gasteiger partial charge in [-0.3, -0.25) is 4.79 Å². The first-order valence-corrected chi connectivity index (χ1v) is 18.2. The molecule has 1 saturated heterocycles. The summed E-state index contributed by atoms with van der Waals surface area (Å²) in [5.74, 6) is -3.02. The first-order valence-electron chi connectivity index (χ1n) is 16.7. The van der Waals surface area contributed by atoms with E-state index in [1.807, 2.05) is 4.90 Å². The van der Waals surface area contributed by atoms with Crippen molar-refractivity contribution in [2.45, 2.75) is 98.3 Å². The quantitative estimate of drug-likeness (QED) is 0.0897. The topological polar surface area (TPSA) is 115 Å². The van der Waals surface area contributed by atoms with Gasteiger partial charge in [0, 0.05) is 30.8 Å². The van der Waals surface area contributed by atoms with E-state index in [1.54, 1.807) is 46.8 Å². The minimum atomic E-state index is -6.19. The summed E-state index contributed by atoms with van der Waals surface area (Å²) >= 11 is 0. The lowest BCUT2D eigenvalue weighted by atomic mass is 9.82. The van der Waals surface area contributed by atoms with Gasteiger partial charge < -0.3 is 23.7 Å². The Kier molecular flexibility index (Phi) is 13.7. The summed E-state index contributed by atoms with van der Waals surface area (Å²) in [6.45, 7) is 14.9. The number of anilines is 1. The third-order valence-electron chi connectivity index (χ3n) is 7.82. The second-order valence-corrected chi connectivity index (χ2v) is 16.1. The Bertz CT molecular complexity index is 1790. The van der Waals surface area contributed by atoms with Crippen molar-refractivity contribution in [2.75, 3.05) is 24.6 Å². The fourth-order valence-electron chi connectivity index (χ4n) is 5.22. The van der Waals surface area contributed by atoms with Crippen LogP contribution in [0.25, 0.3) is 11.1 Å². The van der Waals surface area contributed by atoms with Gasteiger partial charge in [-0.15, -0.1) is 0 Å². The van der Waals surface area contributed by atoms with E-state index < -0.39 is 50.8 Å². The molecule has 2 aromatic carbocycles. The molecule has 0 radical (unpaired) electrons. The van der Waals surface area contributed by atoms with Crippen molar-refractivity contribution in [3.8, 4) is 22.8 Å². The maximum Gasteiger partial charge on any atom is 0.534 e. The van der Waals surface area contributed by atoms with Crippen LogP contribution in [0.3, 0.4) is 0 Å². The number of ether oxygens (including phenoxy) is 2. The number of hydrogen-bond donors (Lipinski definition) is 1. The van der Waals surface area contributed by atoms with Crippen molar-refractivity contribution in [1.29, 1.82) is 0 Å². The monoisotopic (exact) mass is 758 g/mol. The number of halogens is 5. The molecular weight excluding hydrogens is 711 g/mol. The average Bonchev–Trinajstić information content (AvgIpc) is 2.98. The maximum atomic E-state index is 15.6. The minimum absolute atomic E-state index is 0.0309. The molecule has 288 valence electrons. The number of pyridine rings is 1. The fraction of sp³-hybridized carbons (Fsp3) is 0.514. The molecule has 4 rings (SSSR count). The van der Waals surface area contributed by atoms with Crippen LogP contribution in [0.15, 0.2) is 42.5 Å². The van der Waals surface area contributed by atoms with Crippen molar-refractivity contribution in [1.82, 2.24) is 4.98 Å². The molecule has 1 aliphatic rings. The van der Waals surface area contributed by atoms with Gasteiger partial charge in [0.1, 0.15) is 5.82 Å². The molecule has 1 N–H and O–H groups in total. The van der Waals surface area contributed by atoms with Crippen molar-refractivity contribution in [2.24, 2.45) is 5.41 Å². The molecule has 0 spiro atoms. The highest BCUT2D eigenvalue weighted by Crippen LogP contribution is 2.46. The van der Waals surface area contributed by atoms with Gasteiger partial charge in [-0.1, -0.05) is 32.0 Å². The molecule has 15 heteroatoms. The first-order chi connectivity index (χ1) is 23.9.